The Morgan fingerprint density at radius 2 is 1.61 bits per heavy atom. The Morgan fingerprint density at radius 1 is 0.826 bits per heavy atom. The van der Waals surface area contributed by atoms with Crippen molar-refractivity contribution in [2.45, 2.75) is 19.6 Å². The van der Waals surface area contributed by atoms with Gasteiger partial charge in [-0.1, -0.05) is 67.3 Å². The lowest BCUT2D eigenvalue weighted by atomic mass is 10.1. The number of pyridine rings is 1. The second-order valence-corrected chi connectivity index (χ2v) is 13.2. The molecule has 0 unspecified atom stereocenters. The number of hydrogen-bond acceptors (Lipinski definition) is 2. The molecule has 114 valence electrons. The molecule has 2 heterocycles. The minimum Gasteiger partial charge on any atom is -0.255 e. The third kappa shape index (κ3) is 2.60. The average molecular weight is 334 g/mol. The molecule has 23 heavy (non-hydrogen) atoms. The molecule has 0 fully saturated rings. The molecule has 3 heteroatoms. The van der Waals surface area contributed by atoms with Gasteiger partial charge in [-0.05, 0) is 12.1 Å². The number of hydrogen-bond donors (Lipinski definition) is 0. The molecule has 1 nitrogen and oxygen atoms in total. The Kier molecular flexibility index (Phi) is 3.36. The number of benzene rings is 2. The maximum absolute atomic E-state index is 4.66. The van der Waals surface area contributed by atoms with Gasteiger partial charge in [0.15, 0.2) is 0 Å². The highest BCUT2D eigenvalue weighted by molar-refractivity contribution is 7.25. The van der Waals surface area contributed by atoms with Crippen molar-refractivity contribution in [3.8, 4) is 11.3 Å². The fourth-order valence-electron chi connectivity index (χ4n) is 2.92. The summed E-state index contributed by atoms with van der Waals surface area (Å²) in [5.41, 5.74) is 2.22. The average Bonchev–Trinajstić information content (AvgIpc) is 2.91. The van der Waals surface area contributed by atoms with E-state index in [-0.39, 0.29) is 0 Å². The van der Waals surface area contributed by atoms with E-state index in [4.69, 9.17) is 0 Å². The zero-order chi connectivity index (χ0) is 16.0. The normalized spacial score (nSPS) is 12.1. The Morgan fingerprint density at radius 3 is 2.35 bits per heavy atom. The second kappa shape index (κ2) is 5.29. The van der Waals surface area contributed by atoms with Crippen LogP contribution in [-0.4, -0.2) is 13.1 Å². The summed E-state index contributed by atoms with van der Waals surface area (Å²) in [5.74, 6) is 0. The van der Waals surface area contributed by atoms with Gasteiger partial charge < -0.3 is 0 Å². The van der Waals surface area contributed by atoms with E-state index in [2.05, 4.69) is 73.2 Å². The maximum atomic E-state index is 4.66. The maximum Gasteiger partial charge on any atom is 0.0776 e. The molecule has 4 aromatic rings. The van der Waals surface area contributed by atoms with Gasteiger partial charge in [0.2, 0.25) is 0 Å². The van der Waals surface area contributed by atoms with Crippen LogP contribution in [0, 0.1) is 0 Å². The predicted octanol–water partition coefficient (Wildman–Crippen LogP) is 5.66. The molecule has 4 rings (SSSR count). The van der Waals surface area contributed by atoms with Gasteiger partial charge in [0, 0.05) is 27.2 Å². The van der Waals surface area contributed by atoms with Gasteiger partial charge >= 0.3 is 0 Å². The smallest absolute Gasteiger partial charge is 0.0776 e. The summed E-state index contributed by atoms with van der Waals surface area (Å²) < 4.78 is 2.65. The minimum absolute atomic E-state index is 1.05. The summed E-state index contributed by atoms with van der Waals surface area (Å²) in [6.45, 7) is 7.20. The van der Waals surface area contributed by atoms with Crippen LogP contribution in [0.3, 0.4) is 0 Å². The molecule has 0 N–H and O–H groups in total. The van der Waals surface area contributed by atoms with Gasteiger partial charge in [-0.25, -0.2) is 0 Å². The van der Waals surface area contributed by atoms with Gasteiger partial charge in [-0.2, -0.15) is 0 Å². The number of aromatic nitrogens is 1. The molecule has 0 atom stereocenters. The molecule has 0 aliphatic rings. The van der Waals surface area contributed by atoms with E-state index in [1.54, 1.807) is 0 Å². The van der Waals surface area contributed by atoms with E-state index in [0.29, 0.717) is 0 Å². The van der Waals surface area contributed by atoms with Crippen LogP contribution in [0.1, 0.15) is 0 Å². The van der Waals surface area contributed by atoms with Crippen molar-refractivity contribution < 1.29 is 0 Å². The topological polar surface area (TPSA) is 12.9 Å². The fourth-order valence-corrected chi connectivity index (χ4v) is 5.28. The van der Waals surface area contributed by atoms with Crippen LogP contribution in [0.4, 0.5) is 0 Å². The van der Waals surface area contributed by atoms with Crippen molar-refractivity contribution in [3.63, 3.8) is 0 Å². The molecule has 0 radical (unpaired) electrons. The molecular formula is C20H19NSSi. The van der Waals surface area contributed by atoms with E-state index in [1.165, 1.54) is 30.9 Å². The Balaban J connectivity index is 1.93. The summed E-state index contributed by atoms with van der Waals surface area (Å²) in [4.78, 5) is 4.66. The number of thiophene rings is 1. The van der Waals surface area contributed by atoms with E-state index < -0.39 is 8.07 Å². The summed E-state index contributed by atoms with van der Waals surface area (Å²) in [6.07, 6.45) is 2.02. The fraction of sp³-hybridized carbons (Fsp3) is 0.150. The van der Waals surface area contributed by atoms with Gasteiger partial charge in [-0.3, -0.25) is 4.98 Å². The van der Waals surface area contributed by atoms with E-state index in [9.17, 15) is 0 Å². The third-order valence-electron chi connectivity index (χ3n) is 4.29. The molecule has 0 bridgehead atoms. The molecule has 0 aliphatic heterocycles. The molecule has 2 aromatic carbocycles. The van der Waals surface area contributed by atoms with Crippen LogP contribution in [0.15, 0.2) is 60.8 Å². The van der Waals surface area contributed by atoms with Crippen LogP contribution >= 0.6 is 11.3 Å². The highest BCUT2D eigenvalue weighted by Gasteiger charge is 2.17. The van der Waals surface area contributed by atoms with Crippen molar-refractivity contribution in [2.24, 2.45) is 0 Å². The van der Waals surface area contributed by atoms with Gasteiger partial charge in [0.05, 0.1) is 18.5 Å². The Labute approximate surface area is 141 Å². The Hall–Kier alpha value is -1.97. The number of rotatable bonds is 2. The zero-order valence-electron chi connectivity index (χ0n) is 13.6. The first-order chi connectivity index (χ1) is 11.0. The van der Waals surface area contributed by atoms with Crippen molar-refractivity contribution in [1.82, 2.24) is 4.98 Å². The third-order valence-corrected chi connectivity index (χ3v) is 7.44. The quantitative estimate of drug-likeness (QED) is 0.431. The van der Waals surface area contributed by atoms with Crippen LogP contribution in [0.5, 0.6) is 0 Å². The lowest BCUT2D eigenvalue weighted by Crippen LogP contribution is -2.37. The monoisotopic (exact) mass is 333 g/mol. The Bertz CT molecular complexity index is 997. The van der Waals surface area contributed by atoms with Crippen LogP contribution in [0.25, 0.3) is 31.4 Å². The zero-order valence-corrected chi connectivity index (χ0v) is 15.4. The molecule has 0 amide bonds. The van der Waals surface area contributed by atoms with Gasteiger partial charge in [-0.15, -0.1) is 11.3 Å². The SMILES string of the molecule is C[Si](C)(C)c1ccc2c(c1)sc1cnc(-c3ccccc3)cc12. The minimum atomic E-state index is -1.27. The molecule has 0 saturated heterocycles. The first kappa shape index (κ1) is 14.6. The highest BCUT2D eigenvalue weighted by Crippen LogP contribution is 2.35. The number of nitrogens with zero attached hydrogens (tertiary/aromatic N) is 1. The first-order valence-electron chi connectivity index (χ1n) is 7.90. The van der Waals surface area contributed by atoms with E-state index in [1.807, 2.05) is 23.6 Å². The number of fused-ring (bicyclic) bond motifs is 3. The van der Waals surface area contributed by atoms with Crippen molar-refractivity contribution in [2.75, 3.05) is 0 Å². The molecule has 0 aliphatic carbocycles. The van der Waals surface area contributed by atoms with E-state index >= 15 is 0 Å². The largest absolute Gasteiger partial charge is 0.255 e. The van der Waals surface area contributed by atoms with Crippen molar-refractivity contribution >= 4 is 44.8 Å². The highest BCUT2D eigenvalue weighted by atomic mass is 32.1. The first-order valence-corrected chi connectivity index (χ1v) is 12.2. The standard InChI is InChI=1S/C20H19NSSi/c1-23(2,3)15-9-10-16-17-12-18(14-7-5-4-6-8-14)21-13-20(17)22-19(16)11-15/h4-13H,1-3H3. The summed E-state index contributed by atoms with van der Waals surface area (Å²) in [7, 11) is -1.27. The molecular weight excluding hydrogens is 314 g/mol. The molecule has 2 aromatic heterocycles. The predicted molar refractivity (Wildman–Crippen MR) is 106 cm³/mol. The lowest BCUT2D eigenvalue weighted by molar-refractivity contribution is 1.37. The van der Waals surface area contributed by atoms with Crippen LogP contribution in [-0.2, 0) is 0 Å². The summed E-state index contributed by atoms with van der Waals surface area (Å²) in [6, 6.07) is 19.7. The van der Waals surface area contributed by atoms with Crippen molar-refractivity contribution in [3.05, 3.63) is 60.8 Å². The van der Waals surface area contributed by atoms with Crippen LogP contribution < -0.4 is 5.19 Å². The second-order valence-electron chi connectivity index (χ2n) is 6.99. The van der Waals surface area contributed by atoms with E-state index in [0.717, 1.165) is 5.69 Å². The van der Waals surface area contributed by atoms with Gasteiger partial charge in [0.25, 0.3) is 0 Å². The van der Waals surface area contributed by atoms with Crippen molar-refractivity contribution in [1.29, 1.82) is 0 Å². The summed E-state index contributed by atoms with van der Waals surface area (Å²) >= 11 is 1.86. The molecule has 0 saturated carbocycles. The van der Waals surface area contributed by atoms with Gasteiger partial charge in [0.1, 0.15) is 0 Å². The lowest BCUT2D eigenvalue weighted by Gasteiger charge is -2.16. The summed E-state index contributed by atoms with van der Waals surface area (Å²) in [5, 5.41) is 4.19. The van der Waals surface area contributed by atoms with Crippen LogP contribution in [0.2, 0.25) is 19.6 Å². The molecule has 0 spiro atoms.